The third kappa shape index (κ3) is 2.77. The first-order valence-corrected chi connectivity index (χ1v) is 8.30. The lowest BCUT2D eigenvalue weighted by atomic mass is 10.0. The second-order valence-corrected chi connectivity index (χ2v) is 6.88. The van der Waals surface area contributed by atoms with Crippen LogP contribution >= 0.6 is 23.2 Å². The molecule has 0 saturated carbocycles. The predicted molar refractivity (Wildman–Crippen MR) is 84.8 cm³/mol. The molecule has 1 aliphatic heterocycles. The molecule has 1 aliphatic rings. The zero-order valence-corrected chi connectivity index (χ0v) is 13.0. The Morgan fingerprint density at radius 3 is 2.48 bits per heavy atom. The Hall–Kier alpha value is -1.56. The lowest BCUT2D eigenvalue weighted by Gasteiger charge is -2.18. The SMILES string of the molecule is O=S1(=O)N=C(Cl)Nc2c(Cc3ccccc3Cl)cccc21. The molecule has 21 heavy (non-hydrogen) atoms. The summed E-state index contributed by atoms with van der Waals surface area (Å²) in [6, 6.07) is 12.4. The number of benzene rings is 2. The maximum Gasteiger partial charge on any atom is 0.287 e. The fraction of sp³-hybridized carbons (Fsp3) is 0.0714. The lowest BCUT2D eigenvalue weighted by molar-refractivity contribution is 0.598. The van der Waals surface area contributed by atoms with Crippen molar-refractivity contribution < 1.29 is 8.42 Å². The summed E-state index contributed by atoms with van der Waals surface area (Å²) >= 11 is 11.9. The number of hydrogen-bond acceptors (Lipinski definition) is 3. The summed E-state index contributed by atoms with van der Waals surface area (Å²) in [4.78, 5) is 0.122. The molecule has 4 nitrogen and oxygen atoms in total. The zero-order chi connectivity index (χ0) is 15.0. The number of rotatable bonds is 2. The Morgan fingerprint density at radius 1 is 1.00 bits per heavy atom. The molecule has 2 aromatic rings. The standard InChI is InChI=1S/C14H10Cl2N2O2S/c15-11-6-2-1-4-9(11)8-10-5-3-7-12-13(10)17-14(16)18-21(12,19)20/h1-7H,8H2,(H,17,18). The van der Waals surface area contributed by atoms with Crippen molar-refractivity contribution in [2.24, 2.45) is 4.40 Å². The third-order valence-electron chi connectivity index (χ3n) is 3.16. The van der Waals surface area contributed by atoms with E-state index in [0.29, 0.717) is 17.1 Å². The van der Waals surface area contributed by atoms with Gasteiger partial charge in [0.2, 0.25) is 5.29 Å². The molecule has 0 aromatic heterocycles. The molecule has 0 spiro atoms. The van der Waals surface area contributed by atoms with E-state index < -0.39 is 10.0 Å². The van der Waals surface area contributed by atoms with Crippen LogP contribution in [0, 0.1) is 0 Å². The first kappa shape index (κ1) is 14.4. The van der Waals surface area contributed by atoms with E-state index in [4.69, 9.17) is 23.2 Å². The molecular weight excluding hydrogens is 331 g/mol. The molecular formula is C14H10Cl2N2O2S. The Labute approximate surface area is 132 Å². The maximum atomic E-state index is 12.0. The number of fused-ring (bicyclic) bond motifs is 1. The molecule has 2 aromatic carbocycles. The topological polar surface area (TPSA) is 58.5 Å². The van der Waals surface area contributed by atoms with E-state index in [9.17, 15) is 8.42 Å². The highest BCUT2D eigenvalue weighted by molar-refractivity contribution is 7.90. The largest absolute Gasteiger partial charge is 0.328 e. The molecule has 0 amide bonds. The monoisotopic (exact) mass is 340 g/mol. The Balaban J connectivity index is 2.10. The highest BCUT2D eigenvalue weighted by Crippen LogP contribution is 2.33. The van der Waals surface area contributed by atoms with Gasteiger partial charge in [0.15, 0.2) is 0 Å². The number of nitrogens with one attached hydrogen (secondary N) is 1. The summed E-state index contributed by atoms with van der Waals surface area (Å²) < 4.78 is 27.5. The van der Waals surface area contributed by atoms with Crippen LogP contribution in [0.3, 0.4) is 0 Å². The van der Waals surface area contributed by atoms with Crippen LogP contribution in [-0.2, 0) is 16.4 Å². The van der Waals surface area contributed by atoms with Crippen LogP contribution < -0.4 is 5.32 Å². The molecule has 7 heteroatoms. The van der Waals surface area contributed by atoms with Crippen molar-refractivity contribution in [3.8, 4) is 0 Å². The molecule has 1 heterocycles. The van der Waals surface area contributed by atoms with Crippen molar-refractivity contribution in [2.75, 3.05) is 5.32 Å². The molecule has 0 saturated heterocycles. The molecule has 0 aliphatic carbocycles. The number of sulfonamides is 1. The van der Waals surface area contributed by atoms with Gasteiger partial charge in [0, 0.05) is 11.4 Å². The molecule has 0 atom stereocenters. The summed E-state index contributed by atoms with van der Waals surface area (Å²) in [5.74, 6) is 0. The number of anilines is 1. The van der Waals surface area contributed by atoms with Crippen LogP contribution in [0.1, 0.15) is 11.1 Å². The van der Waals surface area contributed by atoms with Gasteiger partial charge in [-0.25, -0.2) is 0 Å². The molecule has 0 fully saturated rings. The van der Waals surface area contributed by atoms with E-state index in [0.717, 1.165) is 11.1 Å². The van der Waals surface area contributed by atoms with Gasteiger partial charge in [-0.2, -0.15) is 8.42 Å². The van der Waals surface area contributed by atoms with E-state index in [1.165, 1.54) is 6.07 Å². The zero-order valence-electron chi connectivity index (χ0n) is 10.7. The van der Waals surface area contributed by atoms with Gasteiger partial charge >= 0.3 is 0 Å². The summed E-state index contributed by atoms with van der Waals surface area (Å²) in [6.07, 6.45) is 0.496. The van der Waals surface area contributed by atoms with Gasteiger partial charge in [-0.05, 0) is 34.9 Å². The van der Waals surface area contributed by atoms with E-state index in [2.05, 4.69) is 9.71 Å². The van der Waals surface area contributed by atoms with Gasteiger partial charge in [0.1, 0.15) is 4.90 Å². The first-order valence-electron chi connectivity index (χ1n) is 6.10. The molecule has 0 bridgehead atoms. The number of amidine groups is 1. The van der Waals surface area contributed by atoms with Crippen LogP contribution in [0.5, 0.6) is 0 Å². The third-order valence-corrected chi connectivity index (χ3v) is 5.12. The minimum atomic E-state index is -3.76. The van der Waals surface area contributed by atoms with Gasteiger partial charge < -0.3 is 5.32 Å². The van der Waals surface area contributed by atoms with E-state index in [-0.39, 0.29) is 10.2 Å². The second kappa shape index (κ2) is 5.33. The number of nitrogens with zero attached hydrogens (tertiary/aromatic N) is 1. The average molecular weight is 341 g/mol. The predicted octanol–water partition coefficient (Wildman–Crippen LogP) is 3.64. The Bertz CT molecular complexity index is 848. The van der Waals surface area contributed by atoms with E-state index in [1.807, 2.05) is 24.3 Å². The molecule has 0 radical (unpaired) electrons. The minimum absolute atomic E-state index is 0.122. The van der Waals surface area contributed by atoms with Crippen molar-refractivity contribution in [1.29, 1.82) is 0 Å². The average Bonchev–Trinajstić information content (AvgIpc) is 2.41. The first-order chi connectivity index (χ1) is 9.97. The summed E-state index contributed by atoms with van der Waals surface area (Å²) in [5, 5.41) is 3.29. The molecule has 1 N–H and O–H groups in total. The summed E-state index contributed by atoms with van der Waals surface area (Å²) in [6.45, 7) is 0. The quantitative estimate of drug-likeness (QED) is 0.849. The van der Waals surface area contributed by atoms with Crippen LogP contribution in [0.15, 0.2) is 51.8 Å². The van der Waals surface area contributed by atoms with Gasteiger partial charge in [0.25, 0.3) is 10.0 Å². The van der Waals surface area contributed by atoms with E-state index in [1.54, 1.807) is 12.1 Å². The van der Waals surface area contributed by atoms with Crippen molar-refractivity contribution in [3.05, 3.63) is 58.6 Å². The molecule has 0 unspecified atom stereocenters. The molecule has 108 valence electrons. The van der Waals surface area contributed by atoms with Crippen molar-refractivity contribution >= 4 is 44.2 Å². The number of para-hydroxylation sites is 1. The van der Waals surface area contributed by atoms with E-state index >= 15 is 0 Å². The fourth-order valence-corrected chi connectivity index (χ4v) is 3.82. The Morgan fingerprint density at radius 2 is 1.71 bits per heavy atom. The summed E-state index contributed by atoms with van der Waals surface area (Å²) in [5.41, 5.74) is 2.15. The van der Waals surface area contributed by atoms with Crippen molar-refractivity contribution in [2.45, 2.75) is 11.3 Å². The molecule has 3 rings (SSSR count). The second-order valence-electron chi connectivity index (χ2n) is 4.54. The highest BCUT2D eigenvalue weighted by atomic mass is 35.5. The van der Waals surface area contributed by atoms with Gasteiger partial charge in [-0.1, -0.05) is 41.9 Å². The normalized spacial score (nSPS) is 15.8. The number of halogens is 2. The smallest absolute Gasteiger partial charge is 0.287 e. The van der Waals surface area contributed by atoms with Gasteiger partial charge in [-0.3, -0.25) is 0 Å². The van der Waals surface area contributed by atoms with Crippen LogP contribution in [0.2, 0.25) is 5.02 Å². The maximum absolute atomic E-state index is 12.0. The van der Waals surface area contributed by atoms with Crippen LogP contribution in [-0.4, -0.2) is 13.7 Å². The van der Waals surface area contributed by atoms with Crippen LogP contribution in [0.4, 0.5) is 5.69 Å². The highest BCUT2D eigenvalue weighted by Gasteiger charge is 2.26. The lowest BCUT2D eigenvalue weighted by Crippen LogP contribution is -2.18. The van der Waals surface area contributed by atoms with Crippen molar-refractivity contribution in [1.82, 2.24) is 0 Å². The van der Waals surface area contributed by atoms with Gasteiger partial charge in [-0.15, -0.1) is 4.40 Å². The minimum Gasteiger partial charge on any atom is -0.328 e. The summed E-state index contributed by atoms with van der Waals surface area (Å²) in [7, 11) is -3.76. The van der Waals surface area contributed by atoms with Crippen LogP contribution in [0.25, 0.3) is 0 Å². The number of hydrogen-bond donors (Lipinski definition) is 1. The van der Waals surface area contributed by atoms with Gasteiger partial charge in [0.05, 0.1) is 5.69 Å². The van der Waals surface area contributed by atoms with Crippen molar-refractivity contribution in [3.63, 3.8) is 0 Å². The Kier molecular flexibility index (Phi) is 3.65. The fourth-order valence-electron chi connectivity index (χ4n) is 2.21.